The van der Waals surface area contributed by atoms with Gasteiger partial charge in [-0.3, -0.25) is 4.90 Å². The summed E-state index contributed by atoms with van der Waals surface area (Å²) in [5.74, 6) is 1.60. The molecule has 0 unspecified atom stereocenters. The topological polar surface area (TPSA) is 12.5 Å². The van der Waals surface area contributed by atoms with Gasteiger partial charge in [0.2, 0.25) is 0 Å². The molecule has 2 heterocycles. The van der Waals surface area contributed by atoms with Crippen LogP contribution in [-0.2, 0) is 6.54 Å². The van der Waals surface area contributed by atoms with E-state index in [0.29, 0.717) is 18.4 Å². The molecule has 0 bridgehead atoms. The molecule has 1 saturated heterocycles. The number of benzene rings is 2. The van der Waals surface area contributed by atoms with Crippen molar-refractivity contribution in [2.45, 2.75) is 18.9 Å². The highest BCUT2D eigenvalue weighted by molar-refractivity contribution is 5.39. The first kappa shape index (κ1) is 13.8. The first-order chi connectivity index (χ1) is 10.8. The van der Waals surface area contributed by atoms with E-state index in [1.165, 1.54) is 17.2 Å². The normalized spacial score (nSPS) is 24.2. The summed E-state index contributed by atoms with van der Waals surface area (Å²) >= 11 is 0. The average molecular weight is 297 g/mol. The zero-order valence-electron chi connectivity index (χ0n) is 12.5. The molecule has 22 heavy (non-hydrogen) atoms. The molecule has 0 radical (unpaired) electrons. The van der Waals surface area contributed by atoms with E-state index in [0.717, 1.165) is 31.8 Å². The fraction of sp³-hybridized carbons (Fsp3) is 0.368. The first-order valence-electron chi connectivity index (χ1n) is 7.98. The van der Waals surface area contributed by atoms with Gasteiger partial charge in [0.25, 0.3) is 0 Å². The van der Waals surface area contributed by atoms with Gasteiger partial charge in [-0.1, -0.05) is 36.4 Å². The Balaban J connectivity index is 1.56. The summed E-state index contributed by atoms with van der Waals surface area (Å²) in [5, 5.41) is 0. The largest absolute Gasteiger partial charge is 0.493 e. The van der Waals surface area contributed by atoms with Gasteiger partial charge in [-0.05, 0) is 29.5 Å². The average Bonchev–Trinajstić information content (AvgIpc) is 2.83. The number of likely N-dealkylation sites (tertiary alicyclic amines) is 1. The molecule has 2 aliphatic heterocycles. The Morgan fingerprint density at radius 1 is 1.09 bits per heavy atom. The first-order valence-corrected chi connectivity index (χ1v) is 7.98. The van der Waals surface area contributed by atoms with Gasteiger partial charge in [-0.25, -0.2) is 4.39 Å². The van der Waals surface area contributed by atoms with Crippen LogP contribution in [0.15, 0.2) is 48.5 Å². The molecule has 2 aromatic carbocycles. The highest BCUT2D eigenvalue weighted by atomic mass is 19.1. The summed E-state index contributed by atoms with van der Waals surface area (Å²) in [6, 6.07) is 15.6. The molecule has 0 aromatic heterocycles. The van der Waals surface area contributed by atoms with E-state index in [1.807, 2.05) is 6.07 Å². The van der Waals surface area contributed by atoms with Crippen LogP contribution in [0.25, 0.3) is 0 Å². The van der Waals surface area contributed by atoms with Crippen LogP contribution >= 0.6 is 0 Å². The van der Waals surface area contributed by atoms with E-state index in [-0.39, 0.29) is 5.82 Å². The Morgan fingerprint density at radius 3 is 2.82 bits per heavy atom. The van der Waals surface area contributed by atoms with Crippen molar-refractivity contribution in [1.29, 1.82) is 0 Å². The van der Waals surface area contributed by atoms with Gasteiger partial charge in [-0.2, -0.15) is 0 Å². The smallest absolute Gasteiger partial charge is 0.126 e. The summed E-state index contributed by atoms with van der Waals surface area (Å²) in [5.41, 5.74) is 2.54. The van der Waals surface area contributed by atoms with Crippen LogP contribution in [0.2, 0.25) is 0 Å². The number of halogens is 1. The van der Waals surface area contributed by atoms with Crippen molar-refractivity contribution < 1.29 is 9.13 Å². The van der Waals surface area contributed by atoms with Gasteiger partial charge >= 0.3 is 0 Å². The van der Waals surface area contributed by atoms with Crippen molar-refractivity contribution in [3.05, 3.63) is 65.5 Å². The van der Waals surface area contributed by atoms with Crippen LogP contribution in [0.5, 0.6) is 5.75 Å². The van der Waals surface area contributed by atoms with Crippen LogP contribution in [0, 0.1) is 11.7 Å². The van der Waals surface area contributed by atoms with Gasteiger partial charge in [0.05, 0.1) is 6.61 Å². The van der Waals surface area contributed by atoms with Gasteiger partial charge in [0, 0.05) is 31.6 Å². The summed E-state index contributed by atoms with van der Waals surface area (Å²) in [4.78, 5) is 2.52. The molecule has 2 aliphatic rings. The maximum absolute atomic E-state index is 13.4. The molecule has 0 aliphatic carbocycles. The van der Waals surface area contributed by atoms with Crippen molar-refractivity contribution in [2.24, 2.45) is 5.92 Å². The van der Waals surface area contributed by atoms with Crippen molar-refractivity contribution in [3.63, 3.8) is 0 Å². The highest BCUT2D eigenvalue weighted by Gasteiger charge is 2.36. The predicted molar refractivity (Wildman–Crippen MR) is 84.5 cm³/mol. The number of hydrogen-bond acceptors (Lipinski definition) is 2. The predicted octanol–water partition coefficient (Wildman–Crippen LogP) is 3.82. The molecule has 0 spiro atoms. The zero-order chi connectivity index (χ0) is 14.9. The maximum atomic E-state index is 13.4. The fourth-order valence-corrected chi connectivity index (χ4v) is 3.84. The van der Waals surface area contributed by atoms with E-state index in [4.69, 9.17) is 4.74 Å². The number of rotatable bonds is 2. The molecule has 1 fully saturated rings. The van der Waals surface area contributed by atoms with Gasteiger partial charge in [0.15, 0.2) is 0 Å². The second-order valence-electron chi connectivity index (χ2n) is 6.37. The third kappa shape index (κ3) is 2.61. The summed E-state index contributed by atoms with van der Waals surface area (Å²) in [7, 11) is 0. The third-order valence-electron chi connectivity index (χ3n) is 4.89. The van der Waals surface area contributed by atoms with E-state index in [2.05, 4.69) is 35.2 Å². The Hall–Kier alpha value is -1.87. The lowest BCUT2D eigenvalue weighted by molar-refractivity contribution is 0.270. The minimum atomic E-state index is -0.212. The molecule has 0 amide bonds. The highest BCUT2D eigenvalue weighted by Crippen LogP contribution is 2.42. The quantitative estimate of drug-likeness (QED) is 0.835. The minimum absolute atomic E-state index is 0.212. The molecular formula is C19H20FNO. The standard InChI is InChI=1S/C19H20FNO/c20-16-6-7-17-18-13-21(11-14-4-2-1-3-5-14)12-15(18)8-9-22-19(17)10-16/h1-7,10,15,18H,8-9,11-13H2/t15-,18-/m1/s1. The van der Waals surface area contributed by atoms with Gasteiger partial charge in [0.1, 0.15) is 11.6 Å². The van der Waals surface area contributed by atoms with E-state index in [9.17, 15) is 4.39 Å². The van der Waals surface area contributed by atoms with Crippen molar-refractivity contribution in [3.8, 4) is 5.75 Å². The second kappa shape index (κ2) is 5.73. The Labute approximate surface area is 130 Å². The van der Waals surface area contributed by atoms with Crippen LogP contribution < -0.4 is 4.74 Å². The van der Waals surface area contributed by atoms with Gasteiger partial charge < -0.3 is 4.74 Å². The van der Waals surface area contributed by atoms with Crippen LogP contribution in [0.1, 0.15) is 23.5 Å². The number of fused-ring (bicyclic) bond motifs is 3. The van der Waals surface area contributed by atoms with Gasteiger partial charge in [-0.15, -0.1) is 0 Å². The van der Waals surface area contributed by atoms with Crippen molar-refractivity contribution in [1.82, 2.24) is 4.90 Å². The lowest BCUT2D eigenvalue weighted by Crippen LogP contribution is -2.21. The lowest BCUT2D eigenvalue weighted by atomic mass is 9.87. The van der Waals surface area contributed by atoms with E-state index in [1.54, 1.807) is 6.07 Å². The molecule has 2 nitrogen and oxygen atoms in total. The fourth-order valence-electron chi connectivity index (χ4n) is 3.84. The second-order valence-corrected chi connectivity index (χ2v) is 6.37. The minimum Gasteiger partial charge on any atom is -0.493 e. The summed E-state index contributed by atoms with van der Waals surface area (Å²) in [6.45, 7) is 3.81. The number of ether oxygens (including phenoxy) is 1. The van der Waals surface area contributed by atoms with Crippen molar-refractivity contribution >= 4 is 0 Å². The monoisotopic (exact) mass is 297 g/mol. The third-order valence-corrected chi connectivity index (χ3v) is 4.89. The summed E-state index contributed by atoms with van der Waals surface area (Å²) < 4.78 is 19.2. The maximum Gasteiger partial charge on any atom is 0.126 e. The Morgan fingerprint density at radius 2 is 1.95 bits per heavy atom. The molecular weight excluding hydrogens is 277 g/mol. The SMILES string of the molecule is Fc1ccc2c(c1)OCC[C@@H]1CN(Cc3ccccc3)C[C@@H]21. The van der Waals surface area contributed by atoms with Crippen LogP contribution in [0.4, 0.5) is 4.39 Å². The molecule has 3 heteroatoms. The zero-order valence-corrected chi connectivity index (χ0v) is 12.5. The van der Waals surface area contributed by atoms with E-state index >= 15 is 0 Å². The molecule has 4 rings (SSSR count). The van der Waals surface area contributed by atoms with Crippen molar-refractivity contribution in [2.75, 3.05) is 19.7 Å². The molecule has 2 atom stereocenters. The Kier molecular flexibility index (Phi) is 3.59. The molecule has 2 aromatic rings. The lowest BCUT2D eigenvalue weighted by Gasteiger charge is -2.17. The number of hydrogen-bond donors (Lipinski definition) is 0. The van der Waals surface area contributed by atoms with Crippen LogP contribution in [-0.4, -0.2) is 24.6 Å². The molecule has 0 saturated carbocycles. The van der Waals surface area contributed by atoms with E-state index < -0.39 is 0 Å². The Bertz CT molecular complexity index is 658. The molecule has 0 N–H and O–H groups in total. The number of nitrogens with zero attached hydrogens (tertiary/aromatic N) is 1. The molecule has 114 valence electrons. The summed E-state index contributed by atoms with van der Waals surface area (Å²) in [6.07, 6.45) is 1.05. The van der Waals surface area contributed by atoms with Crippen LogP contribution in [0.3, 0.4) is 0 Å².